The fourth-order valence-electron chi connectivity index (χ4n) is 2.84. The van der Waals surface area contributed by atoms with Gasteiger partial charge in [-0.15, -0.1) is 11.8 Å². The molecule has 2 rings (SSSR count). The average molecular weight is 292 g/mol. The lowest BCUT2D eigenvalue weighted by Gasteiger charge is -2.21. The minimum Gasteiger partial charge on any atom is -0.326 e. The van der Waals surface area contributed by atoms with Crippen molar-refractivity contribution in [3.63, 3.8) is 0 Å². The molecule has 0 radical (unpaired) electrons. The van der Waals surface area contributed by atoms with Gasteiger partial charge in [0.15, 0.2) is 0 Å². The molecule has 20 heavy (non-hydrogen) atoms. The number of thioether (sulfide) groups is 1. The number of anilines is 1. The summed E-state index contributed by atoms with van der Waals surface area (Å²) in [6, 6.07) is 8.82. The lowest BCUT2D eigenvalue weighted by Crippen LogP contribution is -2.32. The maximum atomic E-state index is 11.0. The molecule has 0 saturated heterocycles. The van der Waals surface area contributed by atoms with Crippen LogP contribution in [0, 0.1) is 5.92 Å². The van der Waals surface area contributed by atoms with E-state index in [0.29, 0.717) is 17.2 Å². The molecule has 0 aromatic heterocycles. The minimum absolute atomic E-state index is 0.0247. The first-order valence-corrected chi connectivity index (χ1v) is 8.25. The molecule has 3 nitrogen and oxygen atoms in total. The van der Waals surface area contributed by atoms with Crippen molar-refractivity contribution in [3.05, 3.63) is 24.3 Å². The van der Waals surface area contributed by atoms with Crippen LogP contribution in [0.1, 0.15) is 33.6 Å². The first-order valence-electron chi connectivity index (χ1n) is 7.38. The Kier molecular flexibility index (Phi) is 5.49. The molecule has 1 aromatic rings. The summed E-state index contributed by atoms with van der Waals surface area (Å²) in [6.07, 6.45) is 2.55. The van der Waals surface area contributed by atoms with Crippen molar-refractivity contribution in [2.75, 3.05) is 11.9 Å². The second-order valence-electron chi connectivity index (χ2n) is 5.46. The molecule has 2 N–H and O–H groups in total. The van der Waals surface area contributed by atoms with Gasteiger partial charge in [0.2, 0.25) is 5.91 Å². The summed E-state index contributed by atoms with van der Waals surface area (Å²) < 4.78 is 0. The Balaban J connectivity index is 1.92. The zero-order valence-corrected chi connectivity index (χ0v) is 13.3. The van der Waals surface area contributed by atoms with E-state index in [4.69, 9.17) is 0 Å². The number of carbonyl (C=O) groups is 1. The van der Waals surface area contributed by atoms with Crippen molar-refractivity contribution in [2.45, 2.75) is 49.8 Å². The van der Waals surface area contributed by atoms with Crippen LogP contribution in [0.25, 0.3) is 0 Å². The van der Waals surface area contributed by atoms with Crippen LogP contribution in [0.15, 0.2) is 29.2 Å². The largest absolute Gasteiger partial charge is 0.326 e. The van der Waals surface area contributed by atoms with Crippen molar-refractivity contribution >= 4 is 23.4 Å². The summed E-state index contributed by atoms with van der Waals surface area (Å²) >= 11 is 1.96. The number of hydrogen-bond donors (Lipinski definition) is 2. The molecule has 1 amide bonds. The van der Waals surface area contributed by atoms with E-state index in [0.717, 1.165) is 12.2 Å². The minimum atomic E-state index is -0.0247. The third-order valence-corrected chi connectivity index (χ3v) is 5.42. The zero-order valence-electron chi connectivity index (χ0n) is 12.5. The van der Waals surface area contributed by atoms with Crippen LogP contribution in [0.4, 0.5) is 5.69 Å². The van der Waals surface area contributed by atoms with Gasteiger partial charge >= 0.3 is 0 Å². The number of hydrogen-bond acceptors (Lipinski definition) is 3. The zero-order chi connectivity index (χ0) is 14.5. The molecule has 110 valence electrons. The molecule has 0 aliphatic heterocycles. The summed E-state index contributed by atoms with van der Waals surface area (Å²) in [5.41, 5.74) is 0.867. The van der Waals surface area contributed by atoms with E-state index in [1.165, 1.54) is 24.7 Å². The van der Waals surface area contributed by atoms with Gasteiger partial charge in [0.1, 0.15) is 0 Å². The van der Waals surface area contributed by atoms with Crippen LogP contribution < -0.4 is 10.6 Å². The fourth-order valence-corrected chi connectivity index (χ4v) is 4.14. The third kappa shape index (κ3) is 4.00. The highest BCUT2D eigenvalue weighted by molar-refractivity contribution is 8.00. The normalized spacial score (nSPS) is 25.6. The van der Waals surface area contributed by atoms with Gasteiger partial charge in [-0.1, -0.05) is 13.8 Å². The Morgan fingerprint density at radius 1 is 1.30 bits per heavy atom. The van der Waals surface area contributed by atoms with E-state index < -0.39 is 0 Å². The van der Waals surface area contributed by atoms with E-state index in [-0.39, 0.29) is 5.91 Å². The van der Waals surface area contributed by atoms with E-state index in [1.807, 2.05) is 23.9 Å². The molecule has 1 saturated carbocycles. The number of nitrogens with one attached hydrogen (secondary N) is 2. The first-order chi connectivity index (χ1) is 9.60. The van der Waals surface area contributed by atoms with Crippen LogP contribution in [0.5, 0.6) is 0 Å². The summed E-state index contributed by atoms with van der Waals surface area (Å²) in [4.78, 5) is 12.3. The molecular formula is C16H24N2OS. The molecule has 0 heterocycles. The van der Waals surface area contributed by atoms with E-state index in [9.17, 15) is 4.79 Å². The number of carbonyl (C=O) groups excluding carboxylic acids is 1. The molecule has 3 unspecified atom stereocenters. The quantitative estimate of drug-likeness (QED) is 0.872. The van der Waals surface area contributed by atoms with Gasteiger partial charge < -0.3 is 10.6 Å². The molecule has 4 heteroatoms. The summed E-state index contributed by atoms with van der Waals surface area (Å²) in [5.74, 6) is 0.679. The van der Waals surface area contributed by atoms with Crippen molar-refractivity contribution in [1.29, 1.82) is 0 Å². The number of benzene rings is 1. The van der Waals surface area contributed by atoms with Crippen LogP contribution in [0.3, 0.4) is 0 Å². The lowest BCUT2D eigenvalue weighted by atomic mass is 10.1. The van der Waals surface area contributed by atoms with Crippen molar-refractivity contribution < 1.29 is 4.79 Å². The standard InChI is InChI=1S/C16H24N2OS/c1-4-17-15-9-10-16(11(15)2)20-14-7-5-13(6-8-14)18-12(3)19/h5-8,11,15-17H,4,9-10H2,1-3H3,(H,18,19). The number of amides is 1. The van der Waals surface area contributed by atoms with Gasteiger partial charge in [-0.05, 0) is 49.6 Å². The summed E-state index contributed by atoms with van der Waals surface area (Å²) in [6.45, 7) is 7.11. The molecule has 1 aliphatic carbocycles. The van der Waals surface area contributed by atoms with E-state index >= 15 is 0 Å². The monoisotopic (exact) mass is 292 g/mol. The van der Waals surface area contributed by atoms with Gasteiger partial charge in [0.25, 0.3) is 0 Å². The topological polar surface area (TPSA) is 41.1 Å². The first kappa shape index (κ1) is 15.4. The van der Waals surface area contributed by atoms with Gasteiger partial charge in [0, 0.05) is 28.8 Å². The van der Waals surface area contributed by atoms with Gasteiger partial charge in [-0.3, -0.25) is 4.79 Å². The smallest absolute Gasteiger partial charge is 0.221 e. The fraction of sp³-hybridized carbons (Fsp3) is 0.562. The Hall–Kier alpha value is -1.00. The van der Waals surface area contributed by atoms with E-state index in [2.05, 4.69) is 36.6 Å². The predicted molar refractivity (Wildman–Crippen MR) is 86.3 cm³/mol. The lowest BCUT2D eigenvalue weighted by molar-refractivity contribution is -0.114. The average Bonchev–Trinajstić information content (AvgIpc) is 2.74. The second kappa shape index (κ2) is 7.14. The molecule has 3 atom stereocenters. The molecule has 0 spiro atoms. The Morgan fingerprint density at radius 3 is 2.60 bits per heavy atom. The highest BCUT2D eigenvalue weighted by atomic mass is 32.2. The van der Waals surface area contributed by atoms with Crippen LogP contribution in [0.2, 0.25) is 0 Å². The maximum absolute atomic E-state index is 11.0. The summed E-state index contributed by atoms with van der Waals surface area (Å²) in [5, 5.41) is 7.07. The van der Waals surface area contributed by atoms with Crippen molar-refractivity contribution in [2.24, 2.45) is 5.92 Å². The van der Waals surface area contributed by atoms with Gasteiger partial charge in [0.05, 0.1) is 0 Å². The van der Waals surface area contributed by atoms with Gasteiger partial charge in [-0.25, -0.2) is 0 Å². The van der Waals surface area contributed by atoms with Gasteiger partial charge in [-0.2, -0.15) is 0 Å². The van der Waals surface area contributed by atoms with Crippen LogP contribution in [-0.4, -0.2) is 23.7 Å². The molecule has 0 bridgehead atoms. The maximum Gasteiger partial charge on any atom is 0.221 e. The van der Waals surface area contributed by atoms with E-state index in [1.54, 1.807) is 0 Å². The second-order valence-corrected chi connectivity index (χ2v) is 6.78. The van der Waals surface area contributed by atoms with Crippen molar-refractivity contribution in [3.8, 4) is 0 Å². The van der Waals surface area contributed by atoms with Crippen LogP contribution in [-0.2, 0) is 4.79 Å². The SMILES string of the molecule is CCNC1CCC(Sc2ccc(NC(C)=O)cc2)C1C. The Morgan fingerprint density at radius 2 is 2.00 bits per heavy atom. The summed E-state index contributed by atoms with van der Waals surface area (Å²) in [7, 11) is 0. The van der Waals surface area contributed by atoms with Crippen molar-refractivity contribution in [1.82, 2.24) is 5.32 Å². The molecule has 1 aromatic carbocycles. The molecule has 1 fully saturated rings. The highest BCUT2D eigenvalue weighted by Crippen LogP contribution is 2.39. The highest BCUT2D eigenvalue weighted by Gasteiger charge is 2.32. The number of rotatable bonds is 5. The Bertz CT molecular complexity index is 446. The Labute approximate surface area is 125 Å². The molecular weight excluding hydrogens is 268 g/mol. The molecule has 1 aliphatic rings. The predicted octanol–water partition coefficient (Wildman–Crippen LogP) is 3.51. The van der Waals surface area contributed by atoms with Crippen LogP contribution >= 0.6 is 11.8 Å². The third-order valence-electron chi connectivity index (χ3n) is 3.91.